The highest BCUT2D eigenvalue weighted by Crippen LogP contribution is 2.37. The molecule has 0 bridgehead atoms. The van der Waals surface area contributed by atoms with Gasteiger partial charge in [0.25, 0.3) is 5.91 Å². The molecule has 6 nitrogen and oxygen atoms in total. The standard InChI is InChI=1S/C19H26ClNO5/c1-12(2)26-18-14(20)9-13(10-15(18)24-6)7-8-17(23)25-11-16(22)21-19(3,4)5/h7-10,12H,11H2,1-6H3,(H,21,22)/b8-7+. The van der Waals surface area contributed by atoms with E-state index in [2.05, 4.69) is 5.32 Å². The number of rotatable bonds is 7. The van der Waals surface area contributed by atoms with E-state index in [0.717, 1.165) is 0 Å². The first kappa shape index (κ1) is 21.8. The molecule has 0 aliphatic carbocycles. The van der Waals surface area contributed by atoms with Crippen LogP contribution in [0.5, 0.6) is 11.5 Å². The topological polar surface area (TPSA) is 73.9 Å². The van der Waals surface area contributed by atoms with Crippen molar-refractivity contribution in [2.75, 3.05) is 13.7 Å². The zero-order chi connectivity index (χ0) is 19.9. The van der Waals surface area contributed by atoms with Crippen molar-refractivity contribution in [2.24, 2.45) is 0 Å². The number of carbonyl (C=O) groups excluding carboxylic acids is 2. The van der Waals surface area contributed by atoms with Gasteiger partial charge in [-0.05, 0) is 58.4 Å². The third-order valence-electron chi connectivity index (χ3n) is 2.88. The summed E-state index contributed by atoms with van der Waals surface area (Å²) in [6.45, 7) is 8.96. The zero-order valence-corrected chi connectivity index (χ0v) is 16.8. The fraction of sp³-hybridized carbons (Fsp3) is 0.474. The highest BCUT2D eigenvalue weighted by molar-refractivity contribution is 6.32. The number of methoxy groups -OCH3 is 1. The van der Waals surface area contributed by atoms with Crippen molar-refractivity contribution >= 4 is 29.6 Å². The van der Waals surface area contributed by atoms with Crippen LogP contribution in [0.15, 0.2) is 18.2 Å². The van der Waals surface area contributed by atoms with Crippen LogP contribution < -0.4 is 14.8 Å². The van der Waals surface area contributed by atoms with Crippen molar-refractivity contribution < 1.29 is 23.8 Å². The second-order valence-electron chi connectivity index (χ2n) is 6.94. The lowest BCUT2D eigenvalue weighted by atomic mass is 10.1. The van der Waals surface area contributed by atoms with Gasteiger partial charge in [0, 0.05) is 11.6 Å². The molecule has 0 fully saturated rings. The summed E-state index contributed by atoms with van der Waals surface area (Å²) in [5.41, 5.74) is 0.256. The van der Waals surface area contributed by atoms with E-state index < -0.39 is 5.97 Å². The second-order valence-corrected chi connectivity index (χ2v) is 7.35. The molecular formula is C19H26ClNO5. The first-order valence-electron chi connectivity index (χ1n) is 8.22. The number of halogens is 1. The van der Waals surface area contributed by atoms with Crippen molar-refractivity contribution in [1.82, 2.24) is 5.32 Å². The molecule has 7 heteroatoms. The molecule has 1 aromatic carbocycles. The molecule has 0 unspecified atom stereocenters. The molecule has 0 saturated heterocycles. The van der Waals surface area contributed by atoms with Gasteiger partial charge in [0.2, 0.25) is 0 Å². The van der Waals surface area contributed by atoms with Gasteiger partial charge >= 0.3 is 5.97 Å². The van der Waals surface area contributed by atoms with Crippen molar-refractivity contribution in [1.29, 1.82) is 0 Å². The van der Waals surface area contributed by atoms with Crippen LogP contribution >= 0.6 is 11.6 Å². The SMILES string of the molecule is COc1cc(/C=C/C(=O)OCC(=O)NC(C)(C)C)cc(Cl)c1OC(C)C. The Hall–Kier alpha value is -2.21. The van der Waals surface area contributed by atoms with Crippen LogP contribution in [0.3, 0.4) is 0 Å². The van der Waals surface area contributed by atoms with Gasteiger partial charge in [-0.2, -0.15) is 0 Å². The molecule has 26 heavy (non-hydrogen) atoms. The van der Waals surface area contributed by atoms with Crippen molar-refractivity contribution in [3.8, 4) is 11.5 Å². The summed E-state index contributed by atoms with van der Waals surface area (Å²) in [6, 6.07) is 3.34. The Balaban J connectivity index is 2.74. The molecule has 0 aromatic heterocycles. The average Bonchev–Trinajstić information content (AvgIpc) is 2.51. The number of ether oxygens (including phenoxy) is 3. The van der Waals surface area contributed by atoms with Crippen LogP contribution in [-0.2, 0) is 14.3 Å². The minimum absolute atomic E-state index is 0.0583. The summed E-state index contributed by atoms with van der Waals surface area (Å²) < 4.78 is 15.8. The minimum atomic E-state index is -0.633. The normalized spacial score (nSPS) is 11.5. The summed E-state index contributed by atoms with van der Waals surface area (Å²) in [5, 5.41) is 3.08. The van der Waals surface area contributed by atoms with Gasteiger partial charge in [-0.3, -0.25) is 4.79 Å². The Morgan fingerprint density at radius 1 is 1.27 bits per heavy atom. The number of nitrogens with one attached hydrogen (secondary N) is 1. The summed E-state index contributed by atoms with van der Waals surface area (Å²) in [7, 11) is 1.51. The number of hydrogen-bond acceptors (Lipinski definition) is 5. The van der Waals surface area contributed by atoms with E-state index in [4.69, 9.17) is 25.8 Å². The molecule has 1 rings (SSSR count). The van der Waals surface area contributed by atoms with Crippen LogP contribution in [0.1, 0.15) is 40.2 Å². The lowest BCUT2D eigenvalue weighted by Gasteiger charge is -2.20. The van der Waals surface area contributed by atoms with E-state index in [0.29, 0.717) is 22.1 Å². The number of carbonyl (C=O) groups is 2. The monoisotopic (exact) mass is 383 g/mol. The number of hydrogen-bond donors (Lipinski definition) is 1. The predicted molar refractivity (Wildman–Crippen MR) is 102 cm³/mol. The summed E-state index contributed by atoms with van der Waals surface area (Å²) in [5.74, 6) is -0.0858. The molecule has 0 heterocycles. The van der Waals surface area contributed by atoms with Crippen LogP contribution in [0, 0.1) is 0 Å². The Bertz CT molecular complexity index is 677. The highest BCUT2D eigenvalue weighted by atomic mass is 35.5. The highest BCUT2D eigenvalue weighted by Gasteiger charge is 2.15. The largest absolute Gasteiger partial charge is 0.493 e. The number of amides is 1. The van der Waals surface area contributed by atoms with Gasteiger partial charge in [0.05, 0.1) is 18.2 Å². The maximum atomic E-state index is 11.8. The molecular weight excluding hydrogens is 358 g/mol. The predicted octanol–water partition coefficient (Wildman–Crippen LogP) is 3.61. The van der Waals surface area contributed by atoms with E-state index in [9.17, 15) is 9.59 Å². The van der Waals surface area contributed by atoms with Crippen molar-refractivity contribution in [3.05, 3.63) is 28.8 Å². The first-order chi connectivity index (χ1) is 12.0. The summed E-state index contributed by atoms with van der Waals surface area (Å²) in [6.07, 6.45) is 2.69. The Kier molecular flexibility index (Phi) is 7.96. The molecule has 1 N–H and O–H groups in total. The van der Waals surface area contributed by atoms with E-state index in [1.165, 1.54) is 19.3 Å². The molecule has 0 spiro atoms. The van der Waals surface area contributed by atoms with Gasteiger partial charge in [0.15, 0.2) is 18.1 Å². The molecule has 0 aliphatic rings. The molecule has 1 amide bonds. The van der Waals surface area contributed by atoms with E-state index in [1.54, 1.807) is 12.1 Å². The summed E-state index contributed by atoms with van der Waals surface area (Å²) >= 11 is 6.23. The second kappa shape index (κ2) is 9.48. The molecule has 0 saturated carbocycles. The van der Waals surface area contributed by atoms with Crippen molar-refractivity contribution in [3.63, 3.8) is 0 Å². The Morgan fingerprint density at radius 2 is 1.92 bits per heavy atom. The van der Waals surface area contributed by atoms with E-state index in [1.807, 2.05) is 34.6 Å². The molecule has 144 valence electrons. The first-order valence-corrected chi connectivity index (χ1v) is 8.59. The third kappa shape index (κ3) is 7.78. The minimum Gasteiger partial charge on any atom is -0.493 e. The summed E-state index contributed by atoms with van der Waals surface area (Å²) in [4.78, 5) is 23.4. The van der Waals surface area contributed by atoms with Gasteiger partial charge in [-0.25, -0.2) is 4.79 Å². The van der Waals surface area contributed by atoms with Gasteiger partial charge in [0.1, 0.15) is 0 Å². The Morgan fingerprint density at radius 3 is 2.46 bits per heavy atom. The van der Waals surface area contributed by atoms with E-state index in [-0.39, 0.29) is 24.2 Å². The zero-order valence-electron chi connectivity index (χ0n) is 16.0. The van der Waals surface area contributed by atoms with Crippen LogP contribution in [0.4, 0.5) is 0 Å². The van der Waals surface area contributed by atoms with Crippen LogP contribution in [0.2, 0.25) is 5.02 Å². The third-order valence-corrected chi connectivity index (χ3v) is 3.16. The lowest BCUT2D eigenvalue weighted by molar-refractivity contribution is -0.144. The van der Waals surface area contributed by atoms with Crippen LogP contribution in [0.25, 0.3) is 6.08 Å². The Labute approximate surface area is 159 Å². The quantitative estimate of drug-likeness (QED) is 0.575. The molecule has 1 aromatic rings. The smallest absolute Gasteiger partial charge is 0.331 e. The van der Waals surface area contributed by atoms with E-state index >= 15 is 0 Å². The number of esters is 1. The lowest BCUT2D eigenvalue weighted by Crippen LogP contribution is -2.42. The fourth-order valence-electron chi connectivity index (χ4n) is 1.99. The number of benzene rings is 1. The molecule has 0 radical (unpaired) electrons. The molecule has 0 aliphatic heterocycles. The molecule has 0 atom stereocenters. The fourth-order valence-corrected chi connectivity index (χ4v) is 2.25. The maximum absolute atomic E-state index is 11.8. The van der Waals surface area contributed by atoms with Gasteiger partial charge < -0.3 is 19.5 Å². The maximum Gasteiger partial charge on any atom is 0.331 e. The average molecular weight is 384 g/mol. The van der Waals surface area contributed by atoms with Crippen molar-refractivity contribution in [2.45, 2.75) is 46.3 Å². The van der Waals surface area contributed by atoms with Gasteiger partial charge in [-0.1, -0.05) is 11.6 Å². The van der Waals surface area contributed by atoms with Crippen LogP contribution in [-0.4, -0.2) is 37.2 Å². The van der Waals surface area contributed by atoms with Gasteiger partial charge in [-0.15, -0.1) is 0 Å².